The van der Waals surface area contributed by atoms with E-state index in [4.69, 9.17) is 0 Å². The van der Waals surface area contributed by atoms with Crippen molar-refractivity contribution in [1.29, 1.82) is 0 Å². The second-order valence-electron chi connectivity index (χ2n) is 4.97. The number of hydrogen-bond acceptors (Lipinski definition) is 5. The average molecular weight is 357 g/mol. The summed E-state index contributed by atoms with van der Waals surface area (Å²) in [6, 6.07) is 7.32. The minimum Gasteiger partial charge on any atom is -0.386 e. The summed E-state index contributed by atoms with van der Waals surface area (Å²) in [5.41, 5.74) is -2.32. The molecule has 0 fully saturated rings. The molecule has 22 heavy (non-hydrogen) atoms. The van der Waals surface area contributed by atoms with E-state index in [1.54, 1.807) is 18.2 Å². The van der Waals surface area contributed by atoms with Gasteiger partial charge in [-0.1, -0.05) is 15.9 Å². The van der Waals surface area contributed by atoms with Crippen molar-refractivity contribution in [2.24, 2.45) is 0 Å². The van der Waals surface area contributed by atoms with E-state index in [0.29, 0.717) is 4.47 Å². The van der Waals surface area contributed by atoms with Gasteiger partial charge in [-0.3, -0.25) is 9.59 Å². The molecule has 4 aromatic rings. The van der Waals surface area contributed by atoms with E-state index >= 15 is 0 Å². The van der Waals surface area contributed by atoms with Gasteiger partial charge in [-0.05, 0) is 30.3 Å². The van der Waals surface area contributed by atoms with Gasteiger partial charge in [0, 0.05) is 26.0 Å². The topological polar surface area (TPSA) is 81.4 Å². The molecule has 0 aliphatic rings. The first-order chi connectivity index (χ1) is 10.5. The lowest BCUT2D eigenvalue weighted by Gasteiger charge is -2.01. The number of benzene rings is 3. The molecule has 1 aromatic heterocycles. The Morgan fingerprint density at radius 3 is 1.73 bits per heavy atom. The van der Waals surface area contributed by atoms with Crippen LogP contribution >= 0.6 is 15.9 Å². The Labute approximate surface area is 129 Å². The third-order valence-corrected chi connectivity index (χ3v) is 4.24. The molecule has 0 saturated carbocycles. The normalized spacial score (nSPS) is 11.7. The molecule has 0 spiro atoms. The molecule has 0 radical (unpaired) electrons. The molecule has 4 rings (SSSR count). The molecule has 0 bridgehead atoms. The Bertz CT molecular complexity index is 1310. The van der Waals surface area contributed by atoms with Gasteiger partial charge < -0.3 is 4.42 Å². The number of furan rings is 1. The van der Waals surface area contributed by atoms with Gasteiger partial charge in [-0.25, -0.2) is 9.59 Å². The molecule has 0 N–H and O–H groups in total. The molecule has 0 amide bonds. The quantitative estimate of drug-likeness (QED) is 0.449. The Balaban J connectivity index is 2.41. The van der Waals surface area contributed by atoms with Crippen molar-refractivity contribution in [1.82, 2.24) is 0 Å². The smallest absolute Gasteiger partial charge is 0.346 e. The third kappa shape index (κ3) is 1.58. The van der Waals surface area contributed by atoms with Crippen molar-refractivity contribution >= 4 is 48.2 Å². The van der Waals surface area contributed by atoms with Crippen LogP contribution in [0.15, 0.2) is 58.4 Å². The molecule has 0 aliphatic heterocycles. The summed E-state index contributed by atoms with van der Waals surface area (Å²) in [7, 11) is 0. The van der Waals surface area contributed by atoms with Gasteiger partial charge >= 0.3 is 11.3 Å². The first-order valence-corrected chi connectivity index (χ1v) is 7.10. The van der Waals surface area contributed by atoms with Gasteiger partial charge in [0.05, 0.1) is 10.8 Å². The first-order valence-electron chi connectivity index (χ1n) is 6.31. The Hall–Kier alpha value is -2.60. The van der Waals surface area contributed by atoms with Crippen LogP contribution in [0.2, 0.25) is 0 Å². The molecule has 0 unspecified atom stereocenters. The predicted octanol–water partition coefficient (Wildman–Crippen LogP) is 1.82. The van der Waals surface area contributed by atoms with Crippen LogP contribution in [0.25, 0.3) is 32.3 Å². The summed E-state index contributed by atoms with van der Waals surface area (Å²) in [6.07, 6.45) is 0. The highest BCUT2D eigenvalue weighted by Crippen LogP contribution is 2.20. The molecular weight excluding hydrogens is 352 g/mol. The standard InChI is InChI=1S/C16H5BrO5/c17-6-1-2-7-8(3-6)14(19)10-5-12-11(4-9(10)13(7)18)15(20)22-16(12)21/h1-5H. The Morgan fingerprint density at radius 2 is 1.14 bits per heavy atom. The van der Waals surface area contributed by atoms with Crippen molar-refractivity contribution in [2.75, 3.05) is 0 Å². The summed E-state index contributed by atoms with van der Waals surface area (Å²) < 4.78 is 5.18. The molecular formula is C16H5BrO5. The summed E-state index contributed by atoms with van der Waals surface area (Å²) in [4.78, 5) is 48.3. The first kappa shape index (κ1) is 13.1. The van der Waals surface area contributed by atoms with E-state index in [2.05, 4.69) is 20.3 Å². The second kappa shape index (κ2) is 4.20. The number of hydrogen-bond donors (Lipinski definition) is 0. The van der Waals surface area contributed by atoms with Crippen LogP contribution in [-0.4, -0.2) is 0 Å². The Morgan fingerprint density at radius 1 is 0.636 bits per heavy atom. The second-order valence-corrected chi connectivity index (χ2v) is 5.88. The molecule has 5 nitrogen and oxygen atoms in total. The largest absolute Gasteiger partial charge is 0.386 e. The van der Waals surface area contributed by atoms with Gasteiger partial charge in [0.15, 0.2) is 10.9 Å². The molecule has 6 heteroatoms. The van der Waals surface area contributed by atoms with Crippen LogP contribution in [0.4, 0.5) is 0 Å². The maximum atomic E-state index is 12.6. The van der Waals surface area contributed by atoms with Gasteiger partial charge in [-0.2, -0.15) is 0 Å². The van der Waals surface area contributed by atoms with Crippen molar-refractivity contribution in [2.45, 2.75) is 0 Å². The van der Waals surface area contributed by atoms with Crippen LogP contribution in [-0.2, 0) is 0 Å². The van der Waals surface area contributed by atoms with E-state index in [1.165, 1.54) is 12.1 Å². The highest BCUT2D eigenvalue weighted by molar-refractivity contribution is 9.10. The zero-order valence-electron chi connectivity index (χ0n) is 10.8. The molecule has 0 atom stereocenters. The zero-order chi connectivity index (χ0) is 15.6. The molecule has 1 heterocycles. The predicted molar refractivity (Wildman–Crippen MR) is 86.4 cm³/mol. The van der Waals surface area contributed by atoms with E-state index in [1.807, 2.05) is 0 Å². The summed E-state index contributed by atoms with van der Waals surface area (Å²) >= 11 is 3.26. The minimum atomic E-state index is -0.803. The summed E-state index contributed by atoms with van der Waals surface area (Å²) in [5.74, 6) is 0. The van der Waals surface area contributed by atoms with Crippen molar-refractivity contribution in [3.8, 4) is 0 Å². The maximum Gasteiger partial charge on any atom is 0.346 e. The molecule has 3 aromatic carbocycles. The van der Waals surface area contributed by atoms with E-state index < -0.39 is 11.3 Å². The highest BCUT2D eigenvalue weighted by Gasteiger charge is 2.16. The fraction of sp³-hybridized carbons (Fsp3) is 0. The van der Waals surface area contributed by atoms with Crippen LogP contribution in [0, 0.1) is 0 Å². The van der Waals surface area contributed by atoms with Crippen molar-refractivity contribution in [3.63, 3.8) is 0 Å². The maximum absolute atomic E-state index is 12.6. The lowest BCUT2D eigenvalue weighted by atomic mass is 10.0. The summed E-state index contributed by atoms with van der Waals surface area (Å²) in [5, 5.41) is 0.808. The lowest BCUT2D eigenvalue weighted by molar-refractivity contribution is 0.500. The SMILES string of the molecule is O=c1oc(=O)c2cc3c(=O)c4cc(Br)ccc4c(=O)c3cc12. The van der Waals surface area contributed by atoms with Crippen LogP contribution in [0.3, 0.4) is 0 Å². The molecule has 106 valence electrons. The van der Waals surface area contributed by atoms with Crippen LogP contribution in [0.5, 0.6) is 0 Å². The zero-order valence-corrected chi connectivity index (χ0v) is 12.4. The van der Waals surface area contributed by atoms with Gasteiger partial charge in [0.1, 0.15) is 0 Å². The number of halogens is 1. The molecule has 0 saturated heterocycles. The van der Waals surface area contributed by atoms with Gasteiger partial charge in [0.25, 0.3) is 0 Å². The highest BCUT2D eigenvalue weighted by atomic mass is 79.9. The number of rotatable bonds is 0. The third-order valence-electron chi connectivity index (χ3n) is 3.74. The van der Waals surface area contributed by atoms with Crippen LogP contribution < -0.4 is 22.1 Å². The number of fused-ring (bicyclic) bond motifs is 3. The molecule has 0 aliphatic carbocycles. The lowest BCUT2D eigenvalue weighted by Crippen LogP contribution is -2.13. The van der Waals surface area contributed by atoms with E-state index in [0.717, 1.165) is 0 Å². The van der Waals surface area contributed by atoms with E-state index in [9.17, 15) is 19.2 Å². The minimum absolute atomic E-state index is 0.0170. The van der Waals surface area contributed by atoms with Crippen molar-refractivity contribution < 1.29 is 4.42 Å². The van der Waals surface area contributed by atoms with E-state index in [-0.39, 0.29) is 43.2 Å². The summed E-state index contributed by atoms with van der Waals surface area (Å²) in [6.45, 7) is 0. The fourth-order valence-corrected chi connectivity index (χ4v) is 3.06. The Kier molecular flexibility index (Phi) is 2.50. The average Bonchev–Trinajstić information content (AvgIpc) is 2.78. The van der Waals surface area contributed by atoms with Gasteiger partial charge in [-0.15, -0.1) is 0 Å². The van der Waals surface area contributed by atoms with Gasteiger partial charge in [0.2, 0.25) is 0 Å². The fourth-order valence-electron chi connectivity index (χ4n) is 2.70. The van der Waals surface area contributed by atoms with Crippen molar-refractivity contribution in [3.05, 3.63) is 76.1 Å². The van der Waals surface area contributed by atoms with Crippen LogP contribution in [0.1, 0.15) is 0 Å². The monoisotopic (exact) mass is 356 g/mol.